The van der Waals surface area contributed by atoms with Crippen LogP contribution in [-0.2, 0) is 24.0 Å². The SMILES string of the molecule is CCOC(=O)c1ccc(Oc2c(C(F)(F)F)oc3c4c(ccc3c2=O)OCN(Cc2cccs2)C4)cc1. The van der Waals surface area contributed by atoms with E-state index >= 15 is 0 Å². The Balaban J connectivity index is 1.54. The van der Waals surface area contributed by atoms with Crippen LogP contribution in [-0.4, -0.2) is 24.2 Å². The normalized spacial score (nSPS) is 13.7. The van der Waals surface area contributed by atoms with Crippen molar-refractivity contribution in [3.63, 3.8) is 0 Å². The zero-order chi connectivity index (χ0) is 26.2. The van der Waals surface area contributed by atoms with Crippen molar-refractivity contribution >= 4 is 28.3 Å². The summed E-state index contributed by atoms with van der Waals surface area (Å²) in [4.78, 5) is 28.1. The minimum atomic E-state index is -5.01. The molecule has 2 aromatic heterocycles. The second-order valence-corrected chi connectivity index (χ2v) is 9.23. The number of thiophene rings is 1. The average molecular weight is 532 g/mol. The third-order valence-electron chi connectivity index (χ3n) is 5.67. The van der Waals surface area contributed by atoms with Crippen LogP contribution in [0.2, 0.25) is 0 Å². The van der Waals surface area contributed by atoms with Crippen LogP contribution in [0.4, 0.5) is 13.2 Å². The highest BCUT2D eigenvalue weighted by molar-refractivity contribution is 7.09. The van der Waals surface area contributed by atoms with Gasteiger partial charge in [-0.05, 0) is 54.8 Å². The summed E-state index contributed by atoms with van der Waals surface area (Å²) in [6, 6.07) is 12.0. The smallest absolute Gasteiger partial charge is 0.453 e. The van der Waals surface area contributed by atoms with Gasteiger partial charge in [0.05, 0.1) is 23.1 Å². The van der Waals surface area contributed by atoms with Crippen molar-refractivity contribution in [2.24, 2.45) is 0 Å². The number of ether oxygens (including phenoxy) is 3. The van der Waals surface area contributed by atoms with Gasteiger partial charge in [0, 0.05) is 18.0 Å². The van der Waals surface area contributed by atoms with E-state index in [9.17, 15) is 22.8 Å². The number of hydrogen-bond donors (Lipinski definition) is 0. The molecule has 0 saturated carbocycles. The van der Waals surface area contributed by atoms with Crippen molar-refractivity contribution < 1.29 is 36.6 Å². The molecule has 0 atom stereocenters. The molecule has 2 aromatic carbocycles. The lowest BCUT2D eigenvalue weighted by atomic mass is 10.1. The maximum atomic E-state index is 14.1. The number of halogens is 3. The molecule has 11 heteroatoms. The molecule has 4 aromatic rings. The Morgan fingerprint density at radius 2 is 1.92 bits per heavy atom. The van der Waals surface area contributed by atoms with Gasteiger partial charge in [-0.3, -0.25) is 9.69 Å². The lowest BCUT2D eigenvalue weighted by Crippen LogP contribution is -2.31. The predicted molar refractivity (Wildman–Crippen MR) is 129 cm³/mol. The van der Waals surface area contributed by atoms with Crippen LogP contribution in [0.3, 0.4) is 0 Å². The molecule has 192 valence electrons. The third-order valence-corrected chi connectivity index (χ3v) is 6.53. The van der Waals surface area contributed by atoms with Crippen molar-refractivity contribution in [1.29, 1.82) is 0 Å². The molecule has 3 heterocycles. The number of nitrogens with zero attached hydrogens (tertiary/aromatic N) is 1. The molecule has 0 saturated heterocycles. The summed E-state index contributed by atoms with van der Waals surface area (Å²) in [6.45, 7) is 2.84. The number of esters is 1. The van der Waals surface area contributed by atoms with E-state index in [-0.39, 0.29) is 42.2 Å². The number of rotatable bonds is 6. The topological polar surface area (TPSA) is 78.2 Å². The maximum absolute atomic E-state index is 14.1. The Bertz CT molecular complexity index is 1500. The molecule has 0 radical (unpaired) electrons. The quantitative estimate of drug-likeness (QED) is 0.274. The van der Waals surface area contributed by atoms with Crippen molar-refractivity contribution in [3.05, 3.63) is 85.9 Å². The highest BCUT2D eigenvalue weighted by atomic mass is 32.1. The fraction of sp³-hybridized carbons (Fsp3) is 0.231. The molecule has 0 aliphatic carbocycles. The minimum Gasteiger partial charge on any atom is -0.478 e. The van der Waals surface area contributed by atoms with Crippen molar-refractivity contribution in [3.8, 4) is 17.2 Å². The number of benzene rings is 2. The van der Waals surface area contributed by atoms with E-state index in [4.69, 9.17) is 18.6 Å². The van der Waals surface area contributed by atoms with Crippen LogP contribution < -0.4 is 14.9 Å². The minimum absolute atomic E-state index is 0.0635. The Labute approximate surface area is 212 Å². The van der Waals surface area contributed by atoms with Gasteiger partial charge in [0.25, 0.3) is 5.76 Å². The van der Waals surface area contributed by atoms with Crippen molar-refractivity contribution in [2.45, 2.75) is 26.2 Å². The van der Waals surface area contributed by atoms with Gasteiger partial charge in [0.15, 0.2) is 0 Å². The van der Waals surface area contributed by atoms with Gasteiger partial charge in [-0.25, -0.2) is 4.79 Å². The summed E-state index contributed by atoms with van der Waals surface area (Å²) < 4.78 is 63.6. The van der Waals surface area contributed by atoms with Gasteiger partial charge in [-0.15, -0.1) is 11.3 Å². The van der Waals surface area contributed by atoms with Crippen molar-refractivity contribution in [1.82, 2.24) is 4.90 Å². The van der Waals surface area contributed by atoms with Gasteiger partial charge >= 0.3 is 12.1 Å². The summed E-state index contributed by atoms with van der Waals surface area (Å²) in [5, 5.41) is 1.87. The lowest BCUT2D eigenvalue weighted by molar-refractivity contribution is -0.154. The summed E-state index contributed by atoms with van der Waals surface area (Å²) in [5.74, 6) is -2.85. The number of hydrogen-bond acceptors (Lipinski definition) is 8. The summed E-state index contributed by atoms with van der Waals surface area (Å²) >= 11 is 1.56. The van der Waals surface area contributed by atoms with Crippen LogP contribution >= 0.6 is 11.3 Å². The summed E-state index contributed by atoms with van der Waals surface area (Å²) in [6.07, 6.45) is -5.01. The average Bonchev–Trinajstić information content (AvgIpc) is 3.38. The molecule has 0 bridgehead atoms. The van der Waals surface area contributed by atoms with Gasteiger partial charge in [0.1, 0.15) is 23.8 Å². The number of carbonyl (C=O) groups is 1. The lowest BCUT2D eigenvalue weighted by Gasteiger charge is -2.29. The Hall–Kier alpha value is -3.83. The first-order valence-corrected chi connectivity index (χ1v) is 12.1. The molecule has 0 amide bonds. The van der Waals surface area contributed by atoms with Crippen LogP contribution in [0.15, 0.2) is 63.1 Å². The van der Waals surface area contributed by atoms with Gasteiger partial charge in [0.2, 0.25) is 11.2 Å². The van der Waals surface area contributed by atoms with E-state index in [1.165, 1.54) is 30.3 Å². The zero-order valence-corrected chi connectivity index (χ0v) is 20.3. The monoisotopic (exact) mass is 531 g/mol. The second kappa shape index (κ2) is 9.91. The van der Waals surface area contributed by atoms with Crippen LogP contribution in [0.25, 0.3) is 11.0 Å². The molecule has 0 N–H and O–H groups in total. The van der Waals surface area contributed by atoms with Gasteiger partial charge in [-0.1, -0.05) is 6.07 Å². The van der Waals surface area contributed by atoms with Crippen LogP contribution in [0.1, 0.15) is 33.5 Å². The second-order valence-electron chi connectivity index (χ2n) is 8.19. The van der Waals surface area contributed by atoms with Crippen LogP contribution in [0, 0.1) is 0 Å². The first kappa shape index (κ1) is 24.8. The van der Waals surface area contributed by atoms with Gasteiger partial charge < -0.3 is 18.6 Å². The largest absolute Gasteiger partial charge is 0.478 e. The predicted octanol–water partition coefficient (Wildman–Crippen LogP) is 6.19. The Morgan fingerprint density at radius 1 is 1.14 bits per heavy atom. The molecular weight excluding hydrogens is 511 g/mol. The first-order chi connectivity index (χ1) is 17.7. The van der Waals surface area contributed by atoms with E-state index in [0.29, 0.717) is 17.9 Å². The fourth-order valence-electron chi connectivity index (χ4n) is 3.99. The Kier molecular flexibility index (Phi) is 6.65. The maximum Gasteiger partial charge on any atom is 0.453 e. The number of carbonyl (C=O) groups excluding carboxylic acids is 1. The third kappa shape index (κ3) is 5.05. The first-order valence-electron chi connectivity index (χ1n) is 11.3. The zero-order valence-electron chi connectivity index (χ0n) is 19.5. The van der Waals surface area contributed by atoms with E-state index < -0.39 is 29.1 Å². The summed E-state index contributed by atoms with van der Waals surface area (Å²) in [5.41, 5.74) is -0.625. The number of fused-ring (bicyclic) bond motifs is 3. The molecule has 0 fully saturated rings. The van der Waals surface area contributed by atoms with E-state index in [0.717, 1.165) is 4.88 Å². The standard InChI is InChI=1S/C26H20F3NO6S/c1-2-33-25(32)15-5-7-16(8-6-15)35-23-21(31)18-9-10-20-19(22(18)36-24(23)26(27,28)29)13-30(14-34-20)12-17-4-3-11-37-17/h3-11H,2,12-14H2,1H3. The highest BCUT2D eigenvalue weighted by Crippen LogP contribution is 2.41. The molecule has 1 aliphatic rings. The van der Waals surface area contributed by atoms with Gasteiger partial charge in [-0.2, -0.15) is 13.2 Å². The molecule has 0 unspecified atom stereocenters. The molecule has 7 nitrogen and oxygen atoms in total. The summed E-state index contributed by atoms with van der Waals surface area (Å²) in [7, 11) is 0. The van der Waals surface area contributed by atoms with E-state index in [1.54, 1.807) is 24.3 Å². The molecule has 0 spiro atoms. The van der Waals surface area contributed by atoms with E-state index in [2.05, 4.69) is 0 Å². The number of alkyl halides is 3. The molecule has 1 aliphatic heterocycles. The van der Waals surface area contributed by atoms with Crippen molar-refractivity contribution in [2.75, 3.05) is 13.3 Å². The molecule has 37 heavy (non-hydrogen) atoms. The van der Waals surface area contributed by atoms with E-state index in [1.807, 2.05) is 22.4 Å². The molecule has 5 rings (SSSR count). The highest BCUT2D eigenvalue weighted by Gasteiger charge is 2.41. The molecular formula is C26H20F3NO6S. The van der Waals surface area contributed by atoms with Crippen LogP contribution in [0.5, 0.6) is 17.2 Å². The Morgan fingerprint density at radius 3 is 2.59 bits per heavy atom. The fourth-order valence-corrected chi connectivity index (χ4v) is 4.74.